The number of amides is 1. The molecule has 158 valence electrons. The lowest BCUT2D eigenvalue weighted by Gasteiger charge is -2.07. The number of nitrogens with zero attached hydrogens (tertiary/aromatic N) is 5. The Labute approximate surface area is 184 Å². The summed E-state index contributed by atoms with van der Waals surface area (Å²) in [4.78, 5) is 20.2. The van der Waals surface area contributed by atoms with Gasteiger partial charge in [-0.1, -0.05) is 12.1 Å². The maximum atomic E-state index is 14.5. The number of halogens is 1. The van der Waals surface area contributed by atoms with Crippen molar-refractivity contribution in [2.75, 3.05) is 0 Å². The molecule has 4 aromatic rings. The lowest BCUT2D eigenvalue weighted by Crippen LogP contribution is -2.24. The smallest absolute Gasteiger partial charge is 0.270 e. The van der Waals surface area contributed by atoms with Gasteiger partial charge in [-0.3, -0.25) is 19.4 Å². The Morgan fingerprint density at radius 2 is 2.06 bits per heavy atom. The van der Waals surface area contributed by atoms with E-state index in [2.05, 4.69) is 26.5 Å². The number of pyridine rings is 2. The Morgan fingerprint density at radius 3 is 2.78 bits per heavy atom. The molecular formula is C24H19FN6O. The van der Waals surface area contributed by atoms with Crippen molar-refractivity contribution in [3.05, 3.63) is 101 Å². The standard InChI is InChI=1S/C24H19FN6O/c1-16-10-18(5-6-19(16)12-26)21-7-9-31(30-21)15-17-11-20(25)23(28-13-17)14-29-24(32)22-4-2-3-8-27-22/h2-11,13H,14-15H2,1H3,(H,29,32). The molecule has 1 aromatic carbocycles. The lowest BCUT2D eigenvalue weighted by molar-refractivity contribution is 0.0945. The number of aromatic nitrogens is 4. The van der Waals surface area contributed by atoms with Crippen LogP contribution in [-0.4, -0.2) is 25.7 Å². The normalized spacial score (nSPS) is 10.5. The summed E-state index contributed by atoms with van der Waals surface area (Å²) in [6.45, 7) is 2.19. The van der Waals surface area contributed by atoms with Gasteiger partial charge in [-0.05, 0) is 54.4 Å². The van der Waals surface area contributed by atoms with Gasteiger partial charge in [-0.15, -0.1) is 0 Å². The number of rotatable bonds is 6. The summed E-state index contributed by atoms with van der Waals surface area (Å²) in [7, 11) is 0. The van der Waals surface area contributed by atoms with E-state index in [1.165, 1.54) is 12.3 Å². The van der Waals surface area contributed by atoms with Crippen molar-refractivity contribution >= 4 is 5.91 Å². The molecule has 0 bridgehead atoms. The molecule has 0 radical (unpaired) electrons. The van der Waals surface area contributed by atoms with Gasteiger partial charge in [0.05, 0.1) is 36.1 Å². The van der Waals surface area contributed by atoms with Gasteiger partial charge in [0.25, 0.3) is 5.91 Å². The summed E-state index contributed by atoms with van der Waals surface area (Å²) in [6.07, 6.45) is 4.89. The molecule has 0 saturated heterocycles. The topological polar surface area (TPSA) is 96.5 Å². The summed E-state index contributed by atoms with van der Waals surface area (Å²) in [6, 6.07) is 16.0. The molecule has 0 aliphatic heterocycles. The van der Waals surface area contributed by atoms with Crippen LogP contribution in [0.15, 0.2) is 67.1 Å². The van der Waals surface area contributed by atoms with Gasteiger partial charge in [0.2, 0.25) is 0 Å². The first-order valence-corrected chi connectivity index (χ1v) is 9.90. The Kier molecular flexibility index (Phi) is 5.99. The second kappa shape index (κ2) is 9.18. The second-order valence-electron chi connectivity index (χ2n) is 7.21. The minimum absolute atomic E-state index is 0.0362. The van der Waals surface area contributed by atoms with Gasteiger partial charge >= 0.3 is 0 Å². The molecular weight excluding hydrogens is 407 g/mol. The predicted octanol–water partition coefficient (Wildman–Crippen LogP) is 3.64. The third-order valence-electron chi connectivity index (χ3n) is 4.92. The summed E-state index contributed by atoms with van der Waals surface area (Å²) >= 11 is 0. The summed E-state index contributed by atoms with van der Waals surface area (Å²) in [5.74, 6) is -0.892. The minimum atomic E-state index is -0.501. The lowest BCUT2D eigenvalue weighted by atomic mass is 10.0. The van der Waals surface area contributed by atoms with Crippen molar-refractivity contribution in [3.8, 4) is 17.3 Å². The molecule has 0 atom stereocenters. The van der Waals surface area contributed by atoms with Crippen molar-refractivity contribution in [1.29, 1.82) is 5.26 Å². The highest BCUT2D eigenvalue weighted by atomic mass is 19.1. The monoisotopic (exact) mass is 426 g/mol. The Balaban J connectivity index is 1.41. The third kappa shape index (κ3) is 4.68. The molecule has 0 saturated carbocycles. The van der Waals surface area contributed by atoms with Crippen LogP contribution < -0.4 is 5.32 Å². The molecule has 1 amide bonds. The van der Waals surface area contributed by atoms with E-state index in [4.69, 9.17) is 5.26 Å². The summed E-state index contributed by atoms with van der Waals surface area (Å²) in [5, 5.41) is 16.2. The summed E-state index contributed by atoms with van der Waals surface area (Å²) in [5.41, 5.74) is 4.24. The Morgan fingerprint density at radius 1 is 1.19 bits per heavy atom. The van der Waals surface area contributed by atoms with Gasteiger partial charge in [0, 0.05) is 24.2 Å². The van der Waals surface area contributed by atoms with Crippen molar-refractivity contribution in [1.82, 2.24) is 25.1 Å². The highest BCUT2D eigenvalue weighted by molar-refractivity contribution is 5.92. The van der Waals surface area contributed by atoms with Crippen molar-refractivity contribution in [2.45, 2.75) is 20.0 Å². The number of nitrogens with one attached hydrogen (secondary N) is 1. The highest BCUT2D eigenvalue weighted by Crippen LogP contribution is 2.21. The highest BCUT2D eigenvalue weighted by Gasteiger charge is 2.11. The number of aryl methyl sites for hydroxylation is 1. The zero-order valence-electron chi connectivity index (χ0n) is 17.3. The largest absolute Gasteiger partial charge is 0.345 e. The maximum absolute atomic E-state index is 14.5. The molecule has 3 heterocycles. The van der Waals surface area contributed by atoms with Crippen LogP contribution in [0.1, 0.15) is 32.9 Å². The average molecular weight is 426 g/mol. The maximum Gasteiger partial charge on any atom is 0.270 e. The van der Waals surface area contributed by atoms with E-state index in [0.29, 0.717) is 17.7 Å². The predicted molar refractivity (Wildman–Crippen MR) is 116 cm³/mol. The number of hydrogen-bond acceptors (Lipinski definition) is 5. The van der Waals surface area contributed by atoms with Crippen LogP contribution in [0, 0.1) is 24.1 Å². The van der Waals surface area contributed by atoms with Crippen LogP contribution in [0.4, 0.5) is 4.39 Å². The van der Waals surface area contributed by atoms with Gasteiger partial charge in [-0.2, -0.15) is 10.4 Å². The minimum Gasteiger partial charge on any atom is -0.345 e. The van der Waals surface area contributed by atoms with Gasteiger partial charge in [-0.25, -0.2) is 4.39 Å². The number of benzene rings is 1. The fourth-order valence-electron chi connectivity index (χ4n) is 3.21. The van der Waals surface area contributed by atoms with Crippen molar-refractivity contribution < 1.29 is 9.18 Å². The fourth-order valence-corrected chi connectivity index (χ4v) is 3.21. The molecule has 3 aromatic heterocycles. The first-order valence-electron chi connectivity index (χ1n) is 9.90. The molecule has 0 fully saturated rings. The number of nitriles is 1. The number of carbonyl (C=O) groups excluding carboxylic acids is 1. The van der Waals surface area contributed by atoms with E-state index < -0.39 is 11.7 Å². The van der Waals surface area contributed by atoms with Crippen LogP contribution in [0.3, 0.4) is 0 Å². The van der Waals surface area contributed by atoms with Crippen LogP contribution >= 0.6 is 0 Å². The van der Waals surface area contributed by atoms with Crippen LogP contribution in [0.25, 0.3) is 11.3 Å². The number of carbonyl (C=O) groups is 1. The quantitative estimate of drug-likeness (QED) is 0.508. The zero-order chi connectivity index (χ0) is 22.5. The van der Waals surface area contributed by atoms with E-state index in [-0.39, 0.29) is 17.9 Å². The zero-order valence-corrected chi connectivity index (χ0v) is 17.3. The van der Waals surface area contributed by atoms with E-state index in [1.54, 1.807) is 35.1 Å². The molecule has 4 rings (SSSR count). The van der Waals surface area contributed by atoms with Gasteiger partial charge in [0.1, 0.15) is 11.5 Å². The van der Waals surface area contributed by atoms with Gasteiger partial charge < -0.3 is 5.32 Å². The molecule has 7 nitrogen and oxygen atoms in total. The van der Waals surface area contributed by atoms with E-state index >= 15 is 0 Å². The van der Waals surface area contributed by atoms with E-state index in [0.717, 1.165) is 16.8 Å². The van der Waals surface area contributed by atoms with Crippen LogP contribution in [0.2, 0.25) is 0 Å². The van der Waals surface area contributed by atoms with Crippen LogP contribution in [0.5, 0.6) is 0 Å². The molecule has 0 spiro atoms. The second-order valence-corrected chi connectivity index (χ2v) is 7.21. The van der Waals surface area contributed by atoms with Gasteiger partial charge in [0.15, 0.2) is 0 Å². The van der Waals surface area contributed by atoms with Crippen LogP contribution in [-0.2, 0) is 13.1 Å². The first-order chi connectivity index (χ1) is 15.5. The molecule has 32 heavy (non-hydrogen) atoms. The SMILES string of the molecule is Cc1cc(-c2ccn(Cc3cnc(CNC(=O)c4ccccn4)c(F)c3)n2)ccc1C#N. The molecule has 8 heteroatoms. The van der Waals surface area contributed by atoms with Crippen molar-refractivity contribution in [2.24, 2.45) is 0 Å². The molecule has 1 N–H and O–H groups in total. The summed E-state index contributed by atoms with van der Waals surface area (Å²) < 4.78 is 16.2. The Bertz CT molecular complexity index is 1310. The van der Waals surface area contributed by atoms with E-state index in [9.17, 15) is 9.18 Å². The average Bonchev–Trinajstić information content (AvgIpc) is 3.27. The molecule has 0 aliphatic rings. The van der Waals surface area contributed by atoms with Crippen molar-refractivity contribution in [3.63, 3.8) is 0 Å². The third-order valence-corrected chi connectivity index (χ3v) is 4.92. The Hall–Kier alpha value is -4.38. The first kappa shape index (κ1) is 20.9. The molecule has 0 aliphatic carbocycles. The number of hydrogen-bond donors (Lipinski definition) is 1. The molecule has 0 unspecified atom stereocenters. The fraction of sp³-hybridized carbons (Fsp3) is 0.125. The van der Waals surface area contributed by atoms with E-state index in [1.807, 2.05) is 31.3 Å².